The van der Waals surface area contributed by atoms with Crippen LogP contribution in [0.15, 0.2) is 41.4 Å². The van der Waals surface area contributed by atoms with Crippen LogP contribution >= 0.6 is 11.8 Å². The number of piperidine rings is 1. The fraction of sp³-hybridized carbons (Fsp3) is 0.318. The number of thioether (sulfide) groups is 1. The number of hydrogen-bond donors (Lipinski definition) is 3. The lowest BCUT2D eigenvalue weighted by atomic mass is 9.89. The van der Waals surface area contributed by atoms with Crippen LogP contribution in [0.3, 0.4) is 0 Å². The number of fused-ring (bicyclic) bond motifs is 1. The third kappa shape index (κ3) is 3.76. The van der Waals surface area contributed by atoms with Gasteiger partial charge in [-0.25, -0.2) is 4.98 Å². The molecule has 2 aliphatic heterocycles. The van der Waals surface area contributed by atoms with Gasteiger partial charge in [0.1, 0.15) is 11.2 Å². The van der Waals surface area contributed by atoms with E-state index in [1.165, 1.54) is 18.7 Å². The highest BCUT2D eigenvalue weighted by Gasteiger charge is 2.52. The van der Waals surface area contributed by atoms with E-state index in [1.54, 1.807) is 30.5 Å². The van der Waals surface area contributed by atoms with E-state index in [1.807, 2.05) is 12.3 Å². The standard InChI is InChI=1S/C22H22N4O5S/c1-22(8-7-17(27)25-21(22)31)26-19(29)14-5-3-12(9-15(14)20(26)30)10-24-18(28)16-6-4-13(32-2)11-23-16/h3-6,9,11,20,30H,7-8,10H2,1-2H3,(H,24,28)(H,25,27,31). The molecule has 0 spiro atoms. The fourth-order valence-electron chi connectivity index (χ4n) is 3.94. The Labute approximate surface area is 188 Å². The molecule has 1 saturated heterocycles. The highest BCUT2D eigenvalue weighted by molar-refractivity contribution is 7.98. The average Bonchev–Trinajstić information content (AvgIpc) is 3.05. The second-order valence-corrected chi connectivity index (χ2v) is 8.77. The van der Waals surface area contributed by atoms with Crippen LogP contribution in [0.5, 0.6) is 0 Å². The second kappa shape index (κ2) is 8.36. The average molecular weight is 455 g/mol. The monoisotopic (exact) mass is 454 g/mol. The molecule has 0 saturated carbocycles. The van der Waals surface area contributed by atoms with Crippen LogP contribution in [-0.4, -0.2) is 50.4 Å². The molecule has 2 aromatic rings. The van der Waals surface area contributed by atoms with Gasteiger partial charge in [-0.3, -0.25) is 29.4 Å². The highest BCUT2D eigenvalue weighted by Crippen LogP contribution is 2.40. The minimum absolute atomic E-state index is 0.0817. The van der Waals surface area contributed by atoms with Crippen LogP contribution in [0.25, 0.3) is 0 Å². The molecule has 1 aromatic carbocycles. The van der Waals surface area contributed by atoms with Crippen molar-refractivity contribution < 1.29 is 24.3 Å². The summed E-state index contributed by atoms with van der Waals surface area (Å²) in [5, 5.41) is 15.9. The summed E-state index contributed by atoms with van der Waals surface area (Å²) < 4.78 is 0. The van der Waals surface area contributed by atoms with Gasteiger partial charge in [-0.2, -0.15) is 0 Å². The Bertz CT molecular complexity index is 1120. The number of nitrogens with zero attached hydrogens (tertiary/aromatic N) is 2. The van der Waals surface area contributed by atoms with Crippen molar-refractivity contribution in [3.8, 4) is 0 Å². The molecule has 32 heavy (non-hydrogen) atoms. The topological polar surface area (TPSA) is 129 Å². The van der Waals surface area contributed by atoms with Crippen LogP contribution < -0.4 is 10.6 Å². The number of nitrogens with one attached hydrogen (secondary N) is 2. The maximum atomic E-state index is 13.0. The first-order valence-corrected chi connectivity index (χ1v) is 11.2. The number of amides is 4. The van der Waals surface area contributed by atoms with Crippen molar-refractivity contribution in [3.63, 3.8) is 0 Å². The fourth-order valence-corrected chi connectivity index (χ4v) is 4.30. The van der Waals surface area contributed by atoms with Crippen molar-refractivity contribution in [1.82, 2.24) is 20.5 Å². The summed E-state index contributed by atoms with van der Waals surface area (Å²) in [5.74, 6) is -1.83. The van der Waals surface area contributed by atoms with Crippen molar-refractivity contribution in [2.45, 2.75) is 43.0 Å². The van der Waals surface area contributed by atoms with Gasteiger partial charge in [0.25, 0.3) is 17.7 Å². The van der Waals surface area contributed by atoms with Crippen molar-refractivity contribution >= 4 is 35.4 Å². The van der Waals surface area contributed by atoms with Gasteiger partial charge in [-0.1, -0.05) is 6.07 Å². The van der Waals surface area contributed by atoms with Crippen molar-refractivity contribution in [3.05, 3.63) is 58.9 Å². The number of rotatable bonds is 5. The van der Waals surface area contributed by atoms with E-state index in [0.29, 0.717) is 11.1 Å². The van der Waals surface area contributed by atoms with Gasteiger partial charge in [0, 0.05) is 35.2 Å². The lowest BCUT2D eigenvalue weighted by molar-refractivity contribution is -0.147. The van der Waals surface area contributed by atoms with Crippen LogP contribution in [0, 0.1) is 0 Å². The van der Waals surface area contributed by atoms with Gasteiger partial charge in [-0.05, 0) is 49.4 Å². The normalized spacial score (nSPS) is 22.5. The van der Waals surface area contributed by atoms with Gasteiger partial charge in [0.05, 0.1) is 0 Å². The summed E-state index contributed by atoms with van der Waals surface area (Å²) in [5.41, 5.74) is 0.269. The van der Waals surface area contributed by atoms with E-state index in [2.05, 4.69) is 15.6 Å². The number of imide groups is 1. The van der Waals surface area contributed by atoms with Crippen LogP contribution in [0.4, 0.5) is 0 Å². The van der Waals surface area contributed by atoms with Gasteiger partial charge < -0.3 is 10.4 Å². The number of carbonyl (C=O) groups is 4. The molecule has 2 atom stereocenters. The Morgan fingerprint density at radius 1 is 1.31 bits per heavy atom. The molecule has 0 bridgehead atoms. The molecule has 4 amide bonds. The molecule has 4 rings (SSSR count). The largest absolute Gasteiger partial charge is 0.369 e. The Balaban J connectivity index is 1.50. The molecule has 0 radical (unpaired) electrons. The van der Waals surface area contributed by atoms with Gasteiger partial charge in [0.2, 0.25) is 5.91 Å². The summed E-state index contributed by atoms with van der Waals surface area (Å²) in [7, 11) is 0. The first-order valence-electron chi connectivity index (χ1n) is 10.0. The zero-order valence-corrected chi connectivity index (χ0v) is 18.4. The molecular formula is C22H22N4O5S. The Hall–Kier alpha value is -3.24. The van der Waals surface area contributed by atoms with E-state index in [4.69, 9.17) is 0 Å². The van der Waals surface area contributed by atoms with Crippen LogP contribution in [0.1, 0.15) is 58.0 Å². The predicted octanol–water partition coefficient (Wildman–Crippen LogP) is 1.38. The third-order valence-electron chi connectivity index (χ3n) is 5.86. The van der Waals surface area contributed by atoms with E-state index in [-0.39, 0.29) is 36.6 Å². The molecule has 3 heterocycles. The first kappa shape index (κ1) is 22.0. The smallest absolute Gasteiger partial charge is 0.270 e. The van der Waals surface area contributed by atoms with E-state index >= 15 is 0 Å². The maximum Gasteiger partial charge on any atom is 0.270 e. The summed E-state index contributed by atoms with van der Waals surface area (Å²) in [6.07, 6.45) is 2.42. The van der Waals surface area contributed by atoms with Gasteiger partial charge in [-0.15, -0.1) is 11.8 Å². The predicted molar refractivity (Wildman–Crippen MR) is 116 cm³/mol. The molecule has 1 aromatic heterocycles. The molecular weight excluding hydrogens is 432 g/mol. The van der Waals surface area contributed by atoms with E-state index < -0.39 is 29.5 Å². The Kier molecular flexibility index (Phi) is 5.74. The van der Waals surface area contributed by atoms with Gasteiger partial charge >= 0.3 is 0 Å². The zero-order chi connectivity index (χ0) is 23.0. The molecule has 3 N–H and O–H groups in total. The zero-order valence-electron chi connectivity index (χ0n) is 17.5. The maximum absolute atomic E-state index is 13.0. The molecule has 0 aliphatic carbocycles. The number of aromatic nitrogens is 1. The number of pyridine rings is 1. The summed E-state index contributed by atoms with van der Waals surface area (Å²) >= 11 is 1.53. The molecule has 166 valence electrons. The summed E-state index contributed by atoms with van der Waals surface area (Å²) in [4.78, 5) is 55.6. The Morgan fingerprint density at radius 2 is 2.09 bits per heavy atom. The summed E-state index contributed by atoms with van der Waals surface area (Å²) in [6, 6.07) is 8.35. The third-order valence-corrected chi connectivity index (χ3v) is 6.57. The van der Waals surface area contributed by atoms with E-state index in [0.717, 1.165) is 9.80 Å². The van der Waals surface area contributed by atoms with E-state index in [9.17, 15) is 24.3 Å². The molecule has 2 aliphatic rings. The van der Waals surface area contributed by atoms with Gasteiger partial charge in [0.15, 0.2) is 6.23 Å². The SMILES string of the molecule is CSc1ccc(C(=O)NCc2ccc3c(c2)C(O)N(C2(C)CCC(=O)NC2=O)C3=O)nc1. The first-order chi connectivity index (χ1) is 15.2. The Morgan fingerprint density at radius 3 is 2.75 bits per heavy atom. The molecule has 1 fully saturated rings. The molecule has 9 nitrogen and oxygen atoms in total. The van der Waals surface area contributed by atoms with Crippen LogP contribution in [0.2, 0.25) is 0 Å². The number of aliphatic hydroxyl groups is 1. The number of hydrogen-bond acceptors (Lipinski definition) is 7. The van der Waals surface area contributed by atoms with Crippen LogP contribution in [-0.2, 0) is 16.1 Å². The molecule has 2 unspecified atom stereocenters. The number of carbonyl (C=O) groups excluding carboxylic acids is 4. The number of benzene rings is 1. The lowest BCUT2D eigenvalue weighted by Crippen LogP contribution is -2.62. The quantitative estimate of drug-likeness (QED) is 0.460. The highest BCUT2D eigenvalue weighted by atomic mass is 32.2. The van der Waals surface area contributed by atoms with Crippen molar-refractivity contribution in [2.24, 2.45) is 0 Å². The van der Waals surface area contributed by atoms with Crippen molar-refractivity contribution in [2.75, 3.05) is 6.26 Å². The molecule has 10 heteroatoms. The lowest BCUT2D eigenvalue weighted by Gasteiger charge is -2.41. The minimum atomic E-state index is -1.34. The number of aliphatic hydroxyl groups excluding tert-OH is 1. The summed E-state index contributed by atoms with van der Waals surface area (Å²) in [6.45, 7) is 1.71. The van der Waals surface area contributed by atoms with Crippen molar-refractivity contribution in [1.29, 1.82) is 0 Å². The second-order valence-electron chi connectivity index (χ2n) is 7.89. The minimum Gasteiger partial charge on any atom is -0.369 e.